The molecule has 6 nitrogen and oxygen atoms in total. The smallest absolute Gasteiger partial charge is 0.338 e. The summed E-state index contributed by atoms with van der Waals surface area (Å²) in [6.45, 7) is 27.0. The highest BCUT2D eigenvalue weighted by Gasteiger charge is 2.29. The van der Waals surface area contributed by atoms with Crippen molar-refractivity contribution in [3.05, 3.63) is 498 Å². The van der Waals surface area contributed by atoms with E-state index in [1.807, 2.05) is 0 Å². The van der Waals surface area contributed by atoms with Gasteiger partial charge in [0, 0.05) is 0 Å². The predicted molar refractivity (Wildman–Crippen MR) is 603 cm³/mol. The first-order valence-corrected chi connectivity index (χ1v) is 51.7. The number of hydrogen-bond acceptors (Lipinski definition) is 6. The highest BCUT2D eigenvalue weighted by atomic mass is 16.5. The van der Waals surface area contributed by atoms with E-state index in [1.54, 1.807) is 0 Å². The number of esters is 3. The van der Waals surface area contributed by atoms with E-state index >= 15 is 14.4 Å². The Hall–Kier alpha value is -15.6. The summed E-state index contributed by atoms with van der Waals surface area (Å²) < 4.78 is 20.1. The van der Waals surface area contributed by atoms with Crippen molar-refractivity contribution in [3.63, 3.8) is 0 Å². The first-order chi connectivity index (χ1) is 70.1. The van der Waals surface area contributed by atoms with Crippen molar-refractivity contribution < 1.29 is 28.6 Å². The molecule has 0 atom stereocenters. The van der Waals surface area contributed by atoms with Crippen LogP contribution in [-0.4, -0.2) is 17.9 Å². The van der Waals surface area contributed by atoms with E-state index in [1.165, 1.54) is 214 Å². The van der Waals surface area contributed by atoms with Crippen LogP contribution in [0.25, 0.3) is 129 Å². The van der Waals surface area contributed by atoms with Gasteiger partial charge in [-0.2, -0.15) is 0 Å². The first kappa shape index (κ1) is 93.3. The molecule has 0 aliphatic rings. The van der Waals surface area contributed by atoms with Gasteiger partial charge in [0.15, 0.2) is 0 Å². The van der Waals surface area contributed by atoms with Crippen molar-refractivity contribution in [2.24, 2.45) is 0 Å². The Bertz CT molecular complexity index is 7300. The van der Waals surface area contributed by atoms with E-state index in [9.17, 15) is 0 Å². The average molecular weight is 1870 g/mol. The molecule has 0 saturated carbocycles. The lowest BCUT2D eigenvalue weighted by atomic mass is 9.84. The van der Waals surface area contributed by atoms with Gasteiger partial charge >= 0.3 is 17.9 Å². The summed E-state index contributed by atoms with van der Waals surface area (Å²) in [5.41, 5.74) is 24.1. The number of carbonyl (C=O) groups is 3. The van der Waals surface area contributed by atoms with Crippen LogP contribution in [0.5, 0.6) is 0 Å². The monoisotopic (exact) mass is 1870 g/mol. The van der Waals surface area contributed by atoms with Gasteiger partial charge in [0.2, 0.25) is 0 Å². The van der Waals surface area contributed by atoms with E-state index in [0.29, 0.717) is 38.5 Å². The Morgan fingerprint density at radius 3 is 0.389 bits per heavy atom. The van der Waals surface area contributed by atoms with E-state index < -0.39 is 17.9 Å². The summed E-state index contributed by atoms with van der Waals surface area (Å²) in [5, 5.41) is 29.3. The third-order valence-electron chi connectivity index (χ3n) is 30.3. The summed E-state index contributed by atoms with van der Waals surface area (Å²) in [4.78, 5) is 47.8. The fraction of sp³-hybridized carbons (Fsp3) is 0.196. The molecule has 0 heterocycles. The van der Waals surface area contributed by atoms with Gasteiger partial charge in [-0.05, 0) is 338 Å². The Morgan fingerprint density at radius 2 is 0.271 bits per heavy atom. The zero-order valence-electron chi connectivity index (χ0n) is 84.4. The number of ether oxygens (including phenoxy) is 3. The summed E-state index contributed by atoms with van der Waals surface area (Å²) in [7, 11) is 0. The van der Waals surface area contributed by atoms with Crippen molar-refractivity contribution in [3.8, 4) is 0 Å². The third kappa shape index (κ3) is 17.7. The zero-order valence-corrected chi connectivity index (χ0v) is 84.4. The molecule has 708 valence electrons. The summed E-state index contributed by atoms with van der Waals surface area (Å²) >= 11 is 0. The van der Waals surface area contributed by atoms with Crippen LogP contribution in [0.15, 0.2) is 364 Å². The third-order valence-corrected chi connectivity index (χ3v) is 30.3. The molecule has 144 heavy (non-hydrogen) atoms. The molecule has 0 aromatic heterocycles. The molecule has 0 saturated heterocycles. The fourth-order valence-corrected chi connectivity index (χ4v) is 24.7. The molecule has 0 spiro atoms. The van der Waals surface area contributed by atoms with Crippen molar-refractivity contribution in [2.75, 3.05) is 0 Å². The molecule has 22 aromatic rings. The topological polar surface area (TPSA) is 78.9 Å². The van der Waals surface area contributed by atoms with Gasteiger partial charge in [-0.3, -0.25) is 0 Å². The molecule has 0 radical (unpaired) electrons. The zero-order chi connectivity index (χ0) is 98.8. The largest absolute Gasteiger partial charge is 0.457 e. The van der Waals surface area contributed by atoms with E-state index in [2.05, 4.69) is 429 Å². The van der Waals surface area contributed by atoms with Gasteiger partial charge in [-0.1, -0.05) is 429 Å². The van der Waals surface area contributed by atoms with Crippen LogP contribution in [0, 0.1) is 0 Å². The van der Waals surface area contributed by atoms with E-state index in [4.69, 9.17) is 14.2 Å². The van der Waals surface area contributed by atoms with Gasteiger partial charge in [0.25, 0.3) is 0 Å². The van der Waals surface area contributed by atoms with Gasteiger partial charge in [0.05, 0.1) is 16.7 Å². The Balaban J connectivity index is 0.660. The van der Waals surface area contributed by atoms with Gasteiger partial charge in [-0.25, -0.2) is 14.4 Å². The van der Waals surface area contributed by atoms with E-state index in [-0.39, 0.29) is 72.0 Å². The molecule has 0 unspecified atom stereocenters. The van der Waals surface area contributed by atoms with Crippen LogP contribution in [0.2, 0.25) is 0 Å². The minimum atomic E-state index is -0.728. The molecule has 0 amide bonds. The van der Waals surface area contributed by atoms with Crippen LogP contribution in [0.1, 0.15) is 266 Å². The number of hydrogen-bond donors (Lipinski definition) is 0. The van der Waals surface area contributed by atoms with E-state index in [0.717, 1.165) is 50.1 Å². The second-order valence-corrected chi connectivity index (χ2v) is 41.9. The second kappa shape index (κ2) is 39.3. The number of fused-ring (bicyclic) bond motifs is 12. The highest BCUT2D eigenvalue weighted by Crippen LogP contribution is 2.47. The minimum Gasteiger partial charge on any atom is -0.457 e. The van der Waals surface area contributed by atoms with Crippen molar-refractivity contribution in [2.45, 2.75) is 177 Å². The Labute approximate surface area is 844 Å². The van der Waals surface area contributed by atoms with Crippen molar-refractivity contribution in [1.82, 2.24) is 0 Å². The van der Waals surface area contributed by atoms with Crippen LogP contribution in [-0.2, 0) is 72.6 Å². The first-order valence-electron chi connectivity index (χ1n) is 51.7. The highest BCUT2D eigenvalue weighted by molar-refractivity contribution is 6.13. The number of carbonyl (C=O) groups excluding carboxylic acids is 3. The fourth-order valence-electron chi connectivity index (χ4n) is 24.7. The molecule has 0 bridgehead atoms. The van der Waals surface area contributed by atoms with Gasteiger partial charge < -0.3 is 14.2 Å². The molecular weight excluding hydrogens is 1750 g/mol. The maximum atomic E-state index is 15.9. The van der Waals surface area contributed by atoms with Crippen molar-refractivity contribution >= 4 is 147 Å². The summed E-state index contributed by atoms with van der Waals surface area (Å²) in [5.74, 6) is -0.558. The standard InChI is InChI=1S/C138H120O6/c1-82(2)130-112-49-25-13-37-100(112)124(101-38-14-26-50-113(101)130)70-88-61-89(71-125-102-39-15-27-51-114(102)131(83(3)4)115-52-28-16-40-103(115)125)65-94(64-88)79-142-136(139)97-76-98(137(140)143-80-95-66-90(72-126-104-41-17-29-53-116(104)132(84(5)6)117-54-30-18-42-105(117)126)62-91(67-95)73-127-106-43-19-31-55-118(106)133(85(7)8)119-56-32-20-44-107(119)127)78-99(77-97)138(141)144-81-96-68-92(74-128-108-45-21-33-57-120(108)134(86(9)10)121-58-34-22-46-109(121)128)63-93(69-96)75-129-110-47-23-35-59-122(110)135(87(11)12)123-60-36-24-48-111(123)129/h13-69,76-78,82-87H,70-75,79-81H2,1-12H3. The Morgan fingerprint density at radius 1 is 0.160 bits per heavy atom. The van der Waals surface area contributed by atoms with Gasteiger partial charge in [-0.15, -0.1) is 0 Å². The van der Waals surface area contributed by atoms with Crippen LogP contribution < -0.4 is 0 Å². The summed E-state index contributed by atoms with van der Waals surface area (Å²) in [6, 6.07) is 131. The van der Waals surface area contributed by atoms with Crippen LogP contribution >= 0.6 is 0 Å². The summed E-state index contributed by atoms with van der Waals surface area (Å²) in [6.07, 6.45) is 3.57. The lowest BCUT2D eigenvalue weighted by Gasteiger charge is -2.21. The molecule has 0 N–H and O–H groups in total. The lowest BCUT2D eigenvalue weighted by molar-refractivity contribution is 0.0467. The molecule has 22 rings (SSSR count). The minimum absolute atomic E-state index is 0.00976. The molecule has 22 aromatic carbocycles. The molecule has 0 aliphatic heterocycles. The molecule has 0 aliphatic carbocycles. The normalized spacial score (nSPS) is 12.0. The maximum Gasteiger partial charge on any atom is 0.338 e. The van der Waals surface area contributed by atoms with Crippen LogP contribution in [0.3, 0.4) is 0 Å². The lowest BCUT2D eigenvalue weighted by Crippen LogP contribution is -2.14. The number of rotatable bonds is 27. The molecule has 0 fully saturated rings. The predicted octanol–water partition coefficient (Wildman–Crippen LogP) is 35.9. The molecular formula is C138H120O6. The SMILES string of the molecule is CC(C)c1c2ccccc2c(Cc2cc(COC(=O)c3cc(C(=O)OCc4cc(Cc5c6ccccc6c(C(C)C)c6ccccc56)cc(Cc5c6ccccc6c(C(C)C)c6ccccc56)c4)cc(C(=O)OCc4cc(Cc5c6ccccc6c(C(C)C)c6ccccc56)cc(Cc5c6ccccc6c(C(C)C)c6ccccc56)c4)c3)cc(Cc3c4ccccc4c(C(C)C)c4ccccc34)c2)c2ccccc12. The number of benzene rings is 22. The quantitative estimate of drug-likeness (QED) is 0.0290. The van der Waals surface area contributed by atoms with Crippen LogP contribution in [0.4, 0.5) is 0 Å². The molecule has 6 heteroatoms. The Kier molecular flexibility index (Phi) is 25.5. The van der Waals surface area contributed by atoms with Crippen molar-refractivity contribution in [1.29, 1.82) is 0 Å². The van der Waals surface area contributed by atoms with Gasteiger partial charge in [0.1, 0.15) is 19.8 Å². The maximum absolute atomic E-state index is 15.9. The second-order valence-electron chi connectivity index (χ2n) is 41.9. The average Bonchev–Trinajstić information content (AvgIpc) is 0.778.